The van der Waals surface area contributed by atoms with E-state index in [1.807, 2.05) is 88.4 Å². The third-order valence-electron chi connectivity index (χ3n) is 10.3. The summed E-state index contributed by atoms with van der Waals surface area (Å²) in [4.78, 5) is 89.5. The summed E-state index contributed by atoms with van der Waals surface area (Å²) < 4.78 is 11.1. The summed E-state index contributed by atoms with van der Waals surface area (Å²) >= 11 is 0. The summed E-state index contributed by atoms with van der Waals surface area (Å²) in [6.07, 6.45) is 0.458. The molecule has 13 heteroatoms. The number of alkyl carbamates (subject to hydrolysis) is 1. The maximum Gasteiger partial charge on any atom is 0.408 e. The van der Waals surface area contributed by atoms with Crippen LogP contribution in [0.1, 0.15) is 86.3 Å². The summed E-state index contributed by atoms with van der Waals surface area (Å²) in [6, 6.07) is 13.8. The van der Waals surface area contributed by atoms with Gasteiger partial charge in [0.25, 0.3) is 0 Å². The van der Waals surface area contributed by atoms with Crippen molar-refractivity contribution in [1.29, 1.82) is 0 Å². The first-order valence-electron chi connectivity index (χ1n) is 20.0. The van der Waals surface area contributed by atoms with E-state index in [0.29, 0.717) is 19.4 Å². The highest BCUT2D eigenvalue weighted by Crippen LogP contribution is 2.26. The molecule has 1 fully saturated rings. The number of benzene rings is 2. The van der Waals surface area contributed by atoms with Crippen molar-refractivity contribution in [2.75, 3.05) is 27.7 Å². The molecule has 0 spiro atoms. The average Bonchev–Trinajstić information content (AvgIpc) is 3.64. The highest BCUT2D eigenvalue weighted by molar-refractivity contribution is 5.96. The van der Waals surface area contributed by atoms with Gasteiger partial charge in [0.15, 0.2) is 0 Å². The molecular formula is C44H65N5O8. The summed E-state index contributed by atoms with van der Waals surface area (Å²) in [6.45, 7) is 16.5. The van der Waals surface area contributed by atoms with Crippen LogP contribution in [-0.2, 0) is 46.5 Å². The van der Waals surface area contributed by atoms with Gasteiger partial charge in [-0.25, -0.2) is 9.59 Å². The number of carbonyl (C=O) groups excluding carboxylic acids is 6. The molecule has 5 atom stereocenters. The lowest BCUT2D eigenvalue weighted by atomic mass is 9.95. The first-order valence-corrected chi connectivity index (χ1v) is 20.0. The normalized spacial score (nSPS) is 16.4. The molecule has 0 saturated carbocycles. The minimum Gasteiger partial charge on any atom is -0.459 e. The van der Waals surface area contributed by atoms with Crippen molar-refractivity contribution >= 4 is 35.7 Å². The maximum absolute atomic E-state index is 14.7. The molecule has 1 heterocycles. The van der Waals surface area contributed by atoms with E-state index >= 15 is 0 Å². The zero-order valence-corrected chi connectivity index (χ0v) is 36.0. The standard InChI is InChI=1S/C44H65N5O8/c1-28(2)35(45-43(55)57-44(7,8)9)39(51)46(10)34(26-31-20-15-13-16-21-31)38(50)47(11)36(29(3)4)40(52)48(12)37(30(5)6)41(53)49-25-19-24-33(49)42(54)56-27-32-22-17-14-18-23-32/h13-18,20-23,28-30,33-37H,19,24-27H2,1-12H3,(H,45,55)/t33-,34+,35-,36?,37?/m1/s1. The Kier molecular flexibility index (Phi) is 16.7. The van der Waals surface area contributed by atoms with Crippen LogP contribution in [-0.4, -0.2) is 119 Å². The summed E-state index contributed by atoms with van der Waals surface area (Å²) in [5, 5.41) is 2.69. The van der Waals surface area contributed by atoms with Gasteiger partial charge in [0, 0.05) is 34.1 Å². The number of ether oxygens (including phenoxy) is 2. The number of likely N-dealkylation sites (N-methyl/N-ethyl adjacent to an activating group) is 3. The largest absolute Gasteiger partial charge is 0.459 e. The summed E-state index contributed by atoms with van der Waals surface area (Å²) in [7, 11) is 4.63. The monoisotopic (exact) mass is 791 g/mol. The second-order valence-electron chi connectivity index (χ2n) is 17.1. The van der Waals surface area contributed by atoms with Crippen molar-refractivity contribution in [1.82, 2.24) is 24.9 Å². The molecule has 0 bridgehead atoms. The number of nitrogens with one attached hydrogen (secondary N) is 1. The van der Waals surface area contributed by atoms with E-state index in [1.54, 1.807) is 48.7 Å². The van der Waals surface area contributed by atoms with Crippen LogP contribution in [0, 0.1) is 17.8 Å². The number of esters is 1. The predicted octanol–water partition coefficient (Wildman–Crippen LogP) is 5.31. The quantitative estimate of drug-likeness (QED) is 0.226. The average molecular weight is 792 g/mol. The fourth-order valence-electron chi connectivity index (χ4n) is 7.33. The lowest BCUT2D eigenvalue weighted by molar-refractivity contribution is -0.159. The van der Waals surface area contributed by atoms with Crippen molar-refractivity contribution in [3.8, 4) is 0 Å². The third-order valence-corrected chi connectivity index (χ3v) is 10.3. The SMILES string of the molecule is CC(C)C(C(=O)N1CCC[C@@H]1C(=O)OCc1ccccc1)N(C)C(=O)C(C(C)C)N(C)C(=O)[C@H](Cc1ccccc1)N(C)C(=O)[C@H](NC(=O)OC(C)(C)C)C(C)C. The highest BCUT2D eigenvalue weighted by Gasteiger charge is 2.45. The zero-order valence-electron chi connectivity index (χ0n) is 36.0. The molecule has 2 aromatic rings. The van der Waals surface area contributed by atoms with Crippen LogP contribution < -0.4 is 5.32 Å². The van der Waals surface area contributed by atoms with Crippen LogP contribution in [0.3, 0.4) is 0 Å². The van der Waals surface area contributed by atoms with Gasteiger partial charge in [0.05, 0.1) is 0 Å². The Morgan fingerprint density at radius 3 is 1.75 bits per heavy atom. The van der Waals surface area contributed by atoms with Gasteiger partial charge in [-0.05, 0) is 62.5 Å². The third kappa shape index (κ3) is 12.5. The van der Waals surface area contributed by atoms with E-state index in [-0.39, 0.29) is 36.7 Å². The number of carbonyl (C=O) groups is 6. The predicted molar refractivity (Wildman–Crippen MR) is 218 cm³/mol. The minimum atomic E-state index is -1.05. The fourth-order valence-corrected chi connectivity index (χ4v) is 7.33. The molecule has 57 heavy (non-hydrogen) atoms. The molecule has 0 aromatic heterocycles. The van der Waals surface area contributed by atoms with Gasteiger partial charge >= 0.3 is 12.1 Å². The Hall–Kier alpha value is -4.94. The molecule has 0 aliphatic carbocycles. The molecule has 2 aromatic carbocycles. The Bertz CT molecular complexity index is 1680. The molecule has 1 aliphatic rings. The summed E-state index contributed by atoms with van der Waals surface area (Å²) in [5.41, 5.74) is 0.844. The molecule has 314 valence electrons. The number of nitrogens with zero attached hydrogens (tertiary/aromatic N) is 4. The van der Waals surface area contributed by atoms with Gasteiger partial charge in [-0.2, -0.15) is 0 Å². The number of likely N-dealkylation sites (tertiary alicyclic amines) is 1. The Morgan fingerprint density at radius 2 is 1.25 bits per heavy atom. The van der Waals surface area contributed by atoms with Gasteiger partial charge in [-0.3, -0.25) is 19.2 Å². The molecule has 0 radical (unpaired) electrons. The van der Waals surface area contributed by atoms with Crippen molar-refractivity contribution in [2.45, 2.75) is 124 Å². The van der Waals surface area contributed by atoms with Crippen molar-refractivity contribution in [3.05, 3.63) is 71.8 Å². The molecule has 3 rings (SSSR count). The highest BCUT2D eigenvalue weighted by atomic mass is 16.6. The molecule has 1 N–H and O–H groups in total. The van der Waals surface area contributed by atoms with Crippen molar-refractivity contribution in [2.24, 2.45) is 17.8 Å². The molecule has 5 amide bonds. The van der Waals surface area contributed by atoms with E-state index in [9.17, 15) is 28.8 Å². The number of hydrogen-bond donors (Lipinski definition) is 1. The number of hydrogen-bond acceptors (Lipinski definition) is 8. The molecule has 13 nitrogen and oxygen atoms in total. The molecule has 1 aliphatic heterocycles. The van der Waals surface area contributed by atoms with Crippen LogP contribution >= 0.6 is 0 Å². The molecule has 2 unspecified atom stereocenters. The van der Waals surface area contributed by atoms with Gasteiger partial charge in [-0.15, -0.1) is 0 Å². The van der Waals surface area contributed by atoms with E-state index in [1.165, 1.54) is 26.6 Å². The van der Waals surface area contributed by atoms with Crippen molar-refractivity contribution in [3.63, 3.8) is 0 Å². The lowest BCUT2D eigenvalue weighted by Crippen LogP contribution is -2.62. The van der Waals surface area contributed by atoms with Crippen molar-refractivity contribution < 1.29 is 38.2 Å². The second-order valence-corrected chi connectivity index (χ2v) is 17.1. The van der Waals surface area contributed by atoms with E-state index < -0.39 is 65.6 Å². The minimum absolute atomic E-state index is 0.0884. The Morgan fingerprint density at radius 1 is 0.719 bits per heavy atom. The summed E-state index contributed by atoms with van der Waals surface area (Å²) in [5.74, 6) is -3.34. The zero-order chi connectivity index (χ0) is 42.8. The molecular weight excluding hydrogens is 727 g/mol. The lowest BCUT2D eigenvalue weighted by Gasteiger charge is -2.41. The Labute approximate surface area is 339 Å². The van der Waals surface area contributed by atoms with Gasteiger partial charge in [0.1, 0.15) is 42.4 Å². The van der Waals surface area contributed by atoms with Gasteiger partial charge in [0.2, 0.25) is 23.6 Å². The Balaban J connectivity index is 1.90. The van der Waals surface area contributed by atoms with E-state index in [2.05, 4.69) is 5.32 Å². The second kappa shape index (κ2) is 20.5. The molecule has 1 saturated heterocycles. The first-order chi connectivity index (χ1) is 26.7. The number of amides is 5. The van der Waals surface area contributed by atoms with Crippen LogP contribution in [0.4, 0.5) is 4.79 Å². The fraction of sp³-hybridized carbons (Fsp3) is 0.591. The van der Waals surface area contributed by atoms with Crippen LogP contribution in [0.2, 0.25) is 0 Å². The number of rotatable bonds is 16. The first kappa shape index (κ1) is 46.4. The smallest absolute Gasteiger partial charge is 0.408 e. The maximum atomic E-state index is 14.7. The van der Waals surface area contributed by atoms with Gasteiger partial charge < -0.3 is 34.4 Å². The van der Waals surface area contributed by atoms with E-state index in [4.69, 9.17) is 9.47 Å². The van der Waals surface area contributed by atoms with Crippen LogP contribution in [0.25, 0.3) is 0 Å². The van der Waals surface area contributed by atoms with E-state index in [0.717, 1.165) is 11.1 Å². The van der Waals surface area contributed by atoms with Crippen LogP contribution in [0.5, 0.6) is 0 Å². The van der Waals surface area contributed by atoms with Gasteiger partial charge in [-0.1, -0.05) is 102 Å². The topological polar surface area (TPSA) is 146 Å². The van der Waals surface area contributed by atoms with Crippen LogP contribution in [0.15, 0.2) is 60.7 Å².